The molecular weight excluding hydrogens is 460 g/mol. The smallest absolute Gasteiger partial charge is 0.426 e. The summed E-state index contributed by atoms with van der Waals surface area (Å²) in [5.74, 6) is -0.364. The zero-order valence-electron chi connectivity index (χ0n) is 15.8. The van der Waals surface area contributed by atoms with Gasteiger partial charge in [0.25, 0.3) is 6.10 Å². The molecule has 0 aromatic heterocycles. The van der Waals surface area contributed by atoms with E-state index in [0.717, 1.165) is 4.31 Å². The van der Waals surface area contributed by atoms with Gasteiger partial charge in [-0.1, -0.05) is 0 Å². The van der Waals surface area contributed by atoms with E-state index in [0.29, 0.717) is 10.6 Å². The Balaban J connectivity index is 2.02. The minimum atomic E-state index is -5.84. The van der Waals surface area contributed by atoms with Gasteiger partial charge in [0, 0.05) is 38.8 Å². The van der Waals surface area contributed by atoms with Crippen molar-refractivity contribution in [1.82, 2.24) is 9.21 Å². The van der Waals surface area contributed by atoms with Crippen LogP contribution in [0.3, 0.4) is 0 Å². The molecule has 1 aromatic rings. The molecule has 1 aliphatic heterocycles. The van der Waals surface area contributed by atoms with Crippen LogP contribution < -0.4 is 5.32 Å². The van der Waals surface area contributed by atoms with Crippen molar-refractivity contribution in [3.05, 3.63) is 24.3 Å². The molecule has 0 bridgehead atoms. The number of carbonyl (C=O) groups is 2. The van der Waals surface area contributed by atoms with Crippen LogP contribution in [0.2, 0.25) is 0 Å². The molecule has 0 unspecified atom stereocenters. The van der Waals surface area contributed by atoms with Gasteiger partial charge in [-0.3, -0.25) is 4.79 Å². The molecule has 1 heterocycles. The Labute approximate surface area is 172 Å². The fourth-order valence-corrected chi connectivity index (χ4v) is 4.09. The van der Waals surface area contributed by atoms with Gasteiger partial charge in [-0.25, -0.2) is 13.2 Å². The molecule has 2 rings (SSSR count). The molecule has 0 spiro atoms. The first-order valence-corrected chi connectivity index (χ1v) is 10.0. The number of anilines is 1. The fraction of sp³-hybridized carbons (Fsp3) is 0.500. The second-order valence-corrected chi connectivity index (χ2v) is 8.38. The van der Waals surface area contributed by atoms with Crippen molar-refractivity contribution < 1.29 is 49.1 Å². The monoisotopic (exact) mass is 477 g/mol. The molecule has 1 N–H and O–H groups in total. The van der Waals surface area contributed by atoms with Crippen LogP contribution >= 0.6 is 0 Å². The topological polar surface area (TPSA) is 96.0 Å². The van der Waals surface area contributed by atoms with Crippen molar-refractivity contribution in [2.45, 2.75) is 30.3 Å². The zero-order valence-corrected chi connectivity index (χ0v) is 16.6. The lowest BCUT2D eigenvalue weighted by Crippen LogP contribution is -2.53. The molecular formula is C16H17F6N3O5S. The number of nitrogens with zero attached hydrogens (tertiary/aromatic N) is 2. The Morgan fingerprint density at radius 1 is 0.968 bits per heavy atom. The number of carbonyl (C=O) groups excluding carboxylic acids is 2. The summed E-state index contributed by atoms with van der Waals surface area (Å²) in [6.07, 6.45) is -17.8. The first-order chi connectivity index (χ1) is 14.1. The minimum Gasteiger partial charge on any atom is -0.426 e. The van der Waals surface area contributed by atoms with Gasteiger partial charge in [0.1, 0.15) is 0 Å². The normalized spacial score (nSPS) is 16.3. The van der Waals surface area contributed by atoms with Crippen LogP contribution in [-0.2, 0) is 19.6 Å². The highest BCUT2D eigenvalue weighted by Crippen LogP contribution is 2.36. The van der Waals surface area contributed by atoms with Crippen molar-refractivity contribution in [1.29, 1.82) is 0 Å². The summed E-state index contributed by atoms with van der Waals surface area (Å²) < 4.78 is 105. The Morgan fingerprint density at radius 3 is 1.87 bits per heavy atom. The van der Waals surface area contributed by atoms with Crippen LogP contribution in [0.15, 0.2) is 29.2 Å². The Hall–Kier alpha value is -2.55. The van der Waals surface area contributed by atoms with Gasteiger partial charge in [0.15, 0.2) is 0 Å². The van der Waals surface area contributed by atoms with Crippen LogP contribution in [0.25, 0.3) is 0 Å². The Bertz CT molecular complexity index is 895. The summed E-state index contributed by atoms with van der Waals surface area (Å²) in [5, 5.41) is 2.45. The van der Waals surface area contributed by atoms with Crippen molar-refractivity contribution >= 4 is 27.7 Å². The number of rotatable bonds is 4. The van der Waals surface area contributed by atoms with E-state index in [2.05, 4.69) is 10.1 Å². The molecule has 2 amide bonds. The van der Waals surface area contributed by atoms with E-state index in [1.165, 1.54) is 31.2 Å². The third-order valence-corrected chi connectivity index (χ3v) is 6.04. The molecule has 31 heavy (non-hydrogen) atoms. The van der Waals surface area contributed by atoms with E-state index in [1.807, 2.05) is 0 Å². The van der Waals surface area contributed by atoms with Crippen LogP contribution in [-0.4, -0.2) is 74.3 Å². The molecule has 1 aliphatic rings. The number of piperazine rings is 1. The van der Waals surface area contributed by atoms with E-state index in [4.69, 9.17) is 0 Å². The maximum absolute atomic E-state index is 12.6. The Kier molecular flexibility index (Phi) is 7.10. The highest BCUT2D eigenvalue weighted by Gasteiger charge is 2.60. The molecule has 0 radical (unpaired) electrons. The third-order valence-electron chi connectivity index (χ3n) is 4.12. The molecule has 0 atom stereocenters. The second kappa shape index (κ2) is 8.90. The lowest BCUT2D eigenvalue weighted by molar-refractivity contribution is -0.308. The number of ether oxygens (including phenoxy) is 1. The largest absolute Gasteiger partial charge is 0.434 e. The van der Waals surface area contributed by atoms with Gasteiger partial charge in [0.2, 0.25) is 15.9 Å². The number of benzene rings is 1. The predicted octanol–water partition coefficient (Wildman–Crippen LogP) is 2.58. The fourth-order valence-electron chi connectivity index (χ4n) is 2.67. The molecule has 1 aromatic carbocycles. The first kappa shape index (κ1) is 24.7. The minimum absolute atomic E-state index is 0.146. The number of sulfonamides is 1. The number of hydrogen-bond acceptors (Lipinski definition) is 5. The summed E-state index contributed by atoms with van der Waals surface area (Å²) in [4.78, 5) is 23.2. The number of halogens is 6. The van der Waals surface area contributed by atoms with Gasteiger partial charge in [0.05, 0.1) is 4.90 Å². The number of nitrogens with one attached hydrogen (secondary N) is 1. The van der Waals surface area contributed by atoms with Gasteiger partial charge >= 0.3 is 18.4 Å². The number of amides is 2. The molecule has 174 valence electrons. The first-order valence-electron chi connectivity index (χ1n) is 8.59. The van der Waals surface area contributed by atoms with Crippen LogP contribution in [0.5, 0.6) is 0 Å². The maximum Gasteiger partial charge on any atom is 0.434 e. The van der Waals surface area contributed by atoms with Crippen LogP contribution in [0.1, 0.15) is 6.92 Å². The van der Waals surface area contributed by atoms with E-state index in [-0.39, 0.29) is 23.9 Å². The maximum atomic E-state index is 12.6. The molecule has 15 heteroatoms. The summed E-state index contributed by atoms with van der Waals surface area (Å²) in [7, 11) is -4.04. The van der Waals surface area contributed by atoms with Crippen molar-refractivity contribution in [2.75, 3.05) is 31.5 Å². The molecule has 1 fully saturated rings. The van der Waals surface area contributed by atoms with Crippen molar-refractivity contribution in [3.63, 3.8) is 0 Å². The third kappa shape index (κ3) is 6.22. The van der Waals surface area contributed by atoms with E-state index in [1.54, 1.807) is 0 Å². The molecule has 0 saturated carbocycles. The van der Waals surface area contributed by atoms with Crippen LogP contribution in [0.4, 0.5) is 36.8 Å². The van der Waals surface area contributed by atoms with Gasteiger partial charge < -0.3 is 15.0 Å². The summed E-state index contributed by atoms with van der Waals surface area (Å²) >= 11 is 0. The summed E-state index contributed by atoms with van der Waals surface area (Å²) in [5.41, 5.74) is 0.350. The van der Waals surface area contributed by atoms with E-state index >= 15 is 0 Å². The highest BCUT2D eigenvalue weighted by molar-refractivity contribution is 7.89. The average molecular weight is 477 g/mol. The predicted molar refractivity (Wildman–Crippen MR) is 93.5 cm³/mol. The van der Waals surface area contributed by atoms with Crippen molar-refractivity contribution in [2.24, 2.45) is 0 Å². The second-order valence-electron chi connectivity index (χ2n) is 6.44. The van der Waals surface area contributed by atoms with Crippen LogP contribution in [0, 0.1) is 0 Å². The zero-order chi connectivity index (χ0) is 23.6. The van der Waals surface area contributed by atoms with E-state index in [9.17, 15) is 44.3 Å². The number of alkyl halides is 6. The molecule has 0 aliphatic carbocycles. The number of hydrogen-bond donors (Lipinski definition) is 1. The van der Waals surface area contributed by atoms with E-state index < -0.39 is 47.7 Å². The van der Waals surface area contributed by atoms with Gasteiger partial charge in [-0.2, -0.15) is 30.6 Å². The van der Waals surface area contributed by atoms with Gasteiger partial charge in [-0.05, 0) is 24.3 Å². The molecule has 1 saturated heterocycles. The summed E-state index contributed by atoms with van der Waals surface area (Å²) in [6.45, 7) is -0.406. The molecule has 8 nitrogen and oxygen atoms in total. The van der Waals surface area contributed by atoms with Crippen molar-refractivity contribution in [3.8, 4) is 0 Å². The Morgan fingerprint density at radius 2 is 1.45 bits per heavy atom. The van der Waals surface area contributed by atoms with Gasteiger partial charge in [-0.15, -0.1) is 0 Å². The standard InChI is InChI=1S/C16H17F6N3O5S/c1-10(26)23-11-2-4-12(5-3-11)31(28,29)25-8-6-24(7-9-25)14(27)30-13(15(17,18)19)16(20,21)22/h2-5,13H,6-9H2,1H3,(H,23,26). The highest BCUT2D eigenvalue weighted by atomic mass is 32.2. The quantitative estimate of drug-likeness (QED) is 0.673. The lowest BCUT2D eigenvalue weighted by Gasteiger charge is -2.34. The average Bonchev–Trinajstić information content (AvgIpc) is 2.64. The SMILES string of the molecule is CC(=O)Nc1ccc(S(=O)(=O)N2CCN(C(=O)OC(C(F)(F)F)C(F)(F)F)CC2)cc1. The lowest BCUT2D eigenvalue weighted by atomic mass is 10.3. The summed E-state index contributed by atoms with van der Waals surface area (Å²) in [6, 6.07) is 5.13.